The Morgan fingerprint density at radius 2 is 1.87 bits per heavy atom. The number of piperidine rings is 2. The number of benzene rings is 2. The van der Waals surface area contributed by atoms with Crippen molar-refractivity contribution in [1.29, 1.82) is 0 Å². The molecule has 2 saturated heterocycles. The predicted octanol–water partition coefficient (Wildman–Crippen LogP) is 6.89. The Bertz CT molecular complexity index is 1350. The number of ether oxygens (including phenoxy) is 1. The summed E-state index contributed by atoms with van der Waals surface area (Å²) < 4.78 is 5.11. The van der Waals surface area contributed by atoms with Gasteiger partial charge in [-0.1, -0.05) is 17.7 Å². The molecule has 2 aliphatic rings. The van der Waals surface area contributed by atoms with E-state index in [9.17, 15) is 4.79 Å². The number of carbonyl (C=O) groups excluding carboxylic acids is 1. The zero-order chi connectivity index (χ0) is 26.5. The van der Waals surface area contributed by atoms with Gasteiger partial charge in [0.25, 0.3) is 0 Å². The third kappa shape index (κ3) is 6.19. The average Bonchev–Trinajstić information content (AvgIpc) is 3.54. The number of hydrogen-bond donors (Lipinski definition) is 2. The van der Waals surface area contributed by atoms with E-state index in [0.29, 0.717) is 12.0 Å². The Labute approximate surface area is 230 Å². The van der Waals surface area contributed by atoms with Gasteiger partial charge in [0.05, 0.1) is 7.11 Å². The van der Waals surface area contributed by atoms with E-state index in [4.69, 9.17) is 16.3 Å². The molecule has 6 rings (SSSR count). The highest BCUT2D eigenvalue weighted by Gasteiger charge is 2.25. The number of aromatic nitrogens is 2. The smallest absolute Gasteiger partial charge is 0.209 e. The van der Waals surface area contributed by atoms with Crippen molar-refractivity contribution in [2.45, 2.75) is 57.4 Å². The highest BCUT2D eigenvalue weighted by atomic mass is 35.5. The fourth-order valence-electron chi connectivity index (χ4n) is 6.11. The van der Waals surface area contributed by atoms with Crippen LogP contribution in [0.3, 0.4) is 0 Å². The largest absolute Gasteiger partial charge is 0.497 e. The second kappa shape index (κ2) is 12.3. The van der Waals surface area contributed by atoms with Gasteiger partial charge in [0.2, 0.25) is 6.41 Å². The van der Waals surface area contributed by atoms with Crippen molar-refractivity contribution in [2.24, 2.45) is 0 Å². The van der Waals surface area contributed by atoms with E-state index in [1.54, 1.807) is 7.11 Å². The number of H-pyrrole nitrogens is 2. The number of rotatable bonds is 6. The highest BCUT2D eigenvalue weighted by molar-refractivity contribution is 6.31. The molecule has 2 aliphatic heterocycles. The molecule has 6 nitrogen and oxygen atoms in total. The molecule has 4 heterocycles. The number of carbonyl (C=O) groups is 1. The Balaban J connectivity index is 0.000000204. The van der Waals surface area contributed by atoms with E-state index >= 15 is 0 Å². The highest BCUT2D eigenvalue weighted by Crippen LogP contribution is 2.34. The van der Waals surface area contributed by atoms with Gasteiger partial charge in [-0.3, -0.25) is 4.79 Å². The van der Waals surface area contributed by atoms with Gasteiger partial charge in [0.1, 0.15) is 5.75 Å². The number of aromatic amines is 2. The minimum atomic E-state index is 0.456. The van der Waals surface area contributed by atoms with Crippen LogP contribution in [0.25, 0.3) is 21.8 Å². The standard InChI is InChI=1S/C21H28ClN3O.C10H11NO/c22-17-4-5-19-20(14-23-21(19)13-17)16-6-10-24(11-7-16)12-8-18-3-1-2-9-25(18)15-26;1-7-5-8-3-4-9(12-2)6-10(8)11-7/h4-5,13-16,18,23H,1-3,6-12H2;3-6,11H,1-2H3/t18-;/m0./s1. The fourth-order valence-corrected chi connectivity index (χ4v) is 6.28. The Hall–Kier alpha value is -2.96. The second-order valence-electron chi connectivity index (χ2n) is 10.7. The molecule has 38 heavy (non-hydrogen) atoms. The molecule has 1 amide bonds. The van der Waals surface area contributed by atoms with Gasteiger partial charge in [-0.25, -0.2) is 0 Å². The van der Waals surface area contributed by atoms with Gasteiger partial charge in [-0.05, 0) is 106 Å². The molecule has 0 aliphatic carbocycles. The number of methoxy groups -OCH3 is 1. The topological polar surface area (TPSA) is 64.4 Å². The summed E-state index contributed by atoms with van der Waals surface area (Å²) in [6.45, 7) is 6.41. The first-order valence-electron chi connectivity index (χ1n) is 13.9. The molecule has 1 atom stereocenters. The van der Waals surface area contributed by atoms with Crippen molar-refractivity contribution in [3.8, 4) is 5.75 Å². The summed E-state index contributed by atoms with van der Waals surface area (Å²) in [7, 11) is 1.68. The molecule has 0 bridgehead atoms. The molecule has 2 aromatic heterocycles. The molecular formula is C31H39ClN4O2. The van der Waals surface area contributed by atoms with Crippen LogP contribution in [-0.4, -0.2) is 65.5 Å². The first-order chi connectivity index (χ1) is 18.5. The van der Waals surface area contributed by atoms with Gasteiger partial charge in [-0.15, -0.1) is 0 Å². The molecular weight excluding hydrogens is 496 g/mol. The van der Waals surface area contributed by atoms with Crippen molar-refractivity contribution in [2.75, 3.05) is 33.3 Å². The maximum Gasteiger partial charge on any atom is 0.209 e. The number of halogens is 1. The summed E-state index contributed by atoms with van der Waals surface area (Å²) >= 11 is 6.10. The number of fused-ring (bicyclic) bond motifs is 2. The maximum atomic E-state index is 11.2. The van der Waals surface area contributed by atoms with Crippen LogP contribution in [0.4, 0.5) is 0 Å². The lowest BCUT2D eigenvalue weighted by molar-refractivity contribution is -0.121. The van der Waals surface area contributed by atoms with E-state index in [-0.39, 0.29) is 0 Å². The predicted molar refractivity (Wildman–Crippen MR) is 156 cm³/mol. The molecule has 0 saturated carbocycles. The molecule has 7 heteroatoms. The summed E-state index contributed by atoms with van der Waals surface area (Å²) in [5.74, 6) is 1.52. The number of likely N-dealkylation sites (tertiary alicyclic amines) is 2. The number of hydrogen-bond acceptors (Lipinski definition) is 3. The van der Waals surface area contributed by atoms with Crippen LogP contribution in [0.5, 0.6) is 5.75 Å². The minimum absolute atomic E-state index is 0.456. The number of nitrogens with zero attached hydrogens (tertiary/aromatic N) is 2. The third-order valence-corrected chi connectivity index (χ3v) is 8.49. The van der Waals surface area contributed by atoms with Crippen molar-refractivity contribution in [3.63, 3.8) is 0 Å². The summed E-state index contributed by atoms with van der Waals surface area (Å²) in [5, 5.41) is 3.33. The lowest BCUT2D eigenvalue weighted by atomic mass is 9.89. The molecule has 0 radical (unpaired) electrons. The number of nitrogens with one attached hydrogen (secondary N) is 2. The van der Waals surface area contributed by atoms with Gasteiger partial charge in [0.15, 0.2) is 0 Å². The van der Waals surface area contributed by atoms with E-state index in [1.165, 1.54) is 47.7 Å². The normalized spacial score (nSPS) is 18.9. The maximum absolute atomic E-state index is 11.2. The van der Waals surface area contributed by atoms with E-state index < -0.39 is 0 Å². The molecule has 0 spiro atoms. The summed E-state index contributed by atoms with van der Waals surface area (Å²) in [6, 6.07) is 14.7. The Morgan fingerprint density at radius 3 is 2.66 bits per heavy atom. The van der Waals surface area contributed by atoms with Crippen LogP contribution in [0.15, 0.2) is 48.7 Å². The van der Waals surface area contributed by atoms with Gasteiger partial charge in [-0.2, -0.15) is 0 Å². The summed E-state index contributed by atoms with van der Waals surface area (Å²) in [4.78, 5) is 22.5. The first-order valence-corrected chi connectivity index (χ1v) is 14.2. The molecule has 2 aromatic carbocycles. The fraction of sp³-hybridized carbons (Fsp3) is 0.452. The van der Waals surface area contributed by atoms with Crippen molar-refractivity contribution in [3.05, 3.63) is 64.9 Å². The van der Waals surface area contributed by atoms with Crippen LogP contribution >= 0.6 is 11.6 Å². The van der Waals surface area contributed by atoms with Crippen molar-refractivity contribution < 1.29 is 9.53 Å². The zero-order valence-electron chi connectivity index (χ0n) is 22.5. The first kappa shape index (κ1) is 26.6. The van der Waals surface area contributed by atoms with Gasteiger partial charge in [0, 0.05) is 58.5 Å². The monoisotopic (exact) mass is 534 g/mol. The van der Waals surface area contributed by atoms with E-state index in [1.807, 2.05) is 36.1 Å². The van der Waals surface area contributed by atoms with Crippen molar-refractivity contribution >= 4 is 39.8 Å². The van der Waals surface area contributed by atoms with Gasteiger partial charge >= 0.3 is 0 Å². The average molecular weight is 535 g/mol. The zero-order valence-corrected chi connectivity index (χ0v) is 23.3. The summed E-state index contributed by atoms with van der Waals surface area (Å²) in [5.41, 5.74) is 4.89. The van der Waals surface area contributed by atoms with E-state index in [0.717, 1.165) is 67.2 Å². The van der Waals surface area contributed by atoms with E-state index in [2.05, 4.69) is 39.3 Å². The third-order valence-electron chi connectivity index (χ3n) is 8.25. The Kier molecular flexibility index (Phi) is 8.60. The van der Waals surface area contributed by atoms with Gasteiger partial charge < -0.3 is 24.5 Å². The molecule has 202 valence electrons. The molecule has 2 N–H and O–H groups in total. The van der Waals surface area contributed by atoms with Crippen molar-refractivity contribution in [1.82, 2.24) is 19.8 Å². The van der Waals surface area contributed by atoms with Crippen LogP contribution in [-0.2, 0) is 4.79 Å². The SMILES string of the molecule is COc1ccc2cc(C)[nH]c2c1.O=CN1CCCC[C@H]1CCN1CCC(c2c[nH]c3cc(Cl)ccc23)CC1. The lowest BCUT2D eigenvalue weighted by Gasteiger charge is -2.36. The number of aryl methyl sites for hydroxylation is 1. The van der Waals surface area contributed by atoms with Crippen LogP contribution in [0.1, 0.15) is 55.7 Å². The quantitative estimate of drug-likeness (QED) is 0.265. The molecule has 2 fully saturated rings. The lowest BCUT2D eigenvalue weighted by Crippen LogP contribution is -2.42. The second-order valence-corrected chi connectivity index (χ2v) is 11.2. The number of amides is 1. The van der Waals surface area contributed by atoms with Crippen LogP contribution in [0, 0.1) is 6.92 Å². The van der Waals surface area contributed by atoms with Crippen LogP contribution < -0.4 is 4.74 Å². The van der Waals surface area contributed by atoms with Crippen LogP contribution in [0.2, 0.25) is 5.02 Å². The Morgan fingerprint density at radius 1 is 1.03 bits per heavy atom. The molecule has 4 aromatic rings. The minimum Gasteiger partial charge on any atom is -0.497 e. The molecule has 0 unspecified atom stereocenters. The summed E-state index contributed by atoms with van der Waals surface area (Å²) in [6.07, 6.45) is 10.4.